The first-order valence-electron chi connectivity index (χ1n) is 8.25. The summed E-state index contributed by atoms with van der Waals surface area (Å²) in [5.41, 5.74) is 1.69. The molecule has 1 unspecified atom stereocenters. The minimum atomic E-state index is -0.722. The van der Waals surface area contributed by atoms with Crippen LogP contribution in [0.15, 0.2) is 61.2 Å². The summed E-state index contributed by atoms with van der Waals surface area (Å²) < 4.78 is 5.57. The Morgan fingerprint density at radius 1 is 1.11 bits per heavy atom. The number of ether oxygens (including phenoxy) is 1. The number of nitrogens with zero attached hydrogens (tertiary/aromatic N) is 1. The summed E-state index contributed by atoms with van der Waals surface area (Å²) in [5, 5.41) is 16.8. The zero-order chi connectivity index (χ0) is 19.6. The van der Waals surface area contributed by atoms with E-state index < -0.39 is 6.10 Å². The van der Waals surface area contributed by atoms with Gasteiger partial charge in [-0.15, -0.1) is 6.58 Å². The lowest BCUT2D eigenvalue weighted by Gasteiger charge is -2.15. The largest absolute Gasteiger partial charge is 0.481 e. The second kappa shape index (κ2) is 9.63. The molecular weight excluding hydrogens is 344 g/mol. The molecule has 2 aromatic carbocycles. The molecule has 7 heteroatoms. The van der Waals surface area contributed by atoms with Crippen LogP contribution in [0.1, 0.15) is 12.5 Å². The number of hydrogen-bond acceptors (Lipinski definition) is 4. The number of amides is 3. The lowest BCUT2D eigenvalue weighted by atomic mass is 10.2. The summed E-state index contributed by atoms with van der Waals surface area (Å²) in [7, 11) is 0. The van der Waals surface area contributed by atoms with E-state index in [2.05, 4.69) is 22.5 Å². The summed E-state index contributed by atoms with van der Waals surface area (Å²) in [6.07, 6.45) is 0.861. The average molecular weight is 364 g/mol. The second-order valence-corrected chi connectivity index (χ2v) is 5.59. The van der Waals surface area contributed by atoms with E-state index in [1.165, 1.54) is 0 Å². The van der Waals surface area contributed by atoms with Crippen LogP contribution >= 0.6 is 0 Å². The van der Waals surface area contributed by atoms with E-state index in [0.717, 1.165) is 0 Å². The van der Waals surface area contributed by atoms with Gasteiger partial charge in [-0.05, 0) is 55.5 Å². The van der Waals surface area contributed by atoms with Crippen molar-refractivity contribution in [3.05, 3.63) is 66.7 Å². The molecule has 3 amide bonds. The predicted octanol–water partition coefficient (Wildman–Crippen LogP) is 3.27. The summed E-state index contributed by atoms with van der Waals surface area (Å²) in [4.78, 5) is 23.8. The van der Waals surface area contributed by atoms with Crippen molar-refractivity contribution in [2.45, 2.75) is 13.0 Å². The van der Waals surface area contributed by atoms with Crippen molar-refractivity contribution >= 4 is 23.3 Å². The predicted molar refractivity (Wildman–Crippen MR) is 104 cm³/mol. The maximum Gasteiger partial charge on any atom is 0.319 e. The van der Waals surface area contributed by atoms with Crippen molar-refractivity contribution in [3.8, 4) is 11.8 Å². The first-order valence-corrected chi connectivity index (χ1v) is 8.25. The maximum atomic E-state index is 12.2. The third-order valence-electron chi connectivity index (χ3n) is 3.48. The molecule has 0 aliphatic carbocycles. The zero-order valence-corrected chi connectivity index (χ0v) is 14.9. The second-order valence-electron chi connectivity index (χ2n) is 5.59. The van der Waals surface area contributed by atoms with Gasteiger partial charge in [0.1, 0.15) is 5.75 Å². The van der Waals surface area contributed by atoms with Gasteiger partial charge >= 0.3 is 6.03 Å². The molecule has 2 aromatic rings. The SMILES string of the molecule is C=CCNC(=O)Nc1ccc(NC(=O)C(C)Oc2ccc(C#N)cc2)cc1. The highest BCUT2D eigenvalue weighted by molar-refractivity contribution is 5.94. The molecule has 0 aliphatic heterocycles. The summed E-state index contributed by atoms with van der Waals surface area (Å²) in [6, 6.07) is 14.9. The van der Waals surface area contributed by atoms with Crippen LogP contribution in [0.25, 0.3) is 0 Å². The highest BCUT2D eigenvalue weighted by Gasteiger charge is 2.15. The van der Waals surface area contributed by atoms with Crippen LogP contribution < -0.4 is 20.7 Å². The number of carbonyl (C=O) groups is 2. The Hall–Kier alpha value is -3.79. The first kappa shape index (κ1) is 19.5. The number of carbonyl (C=O) groups excluding carboxylic acids is 2. The van der Waals surface area contributed by atoms with E-state index in [1.807, 2.05) is 6.07 Å². The summed E-state index contributed by atoms with van der Waals surface area (Å²) in [5.74, 6) is 0.186. The van der Waals surface area contributed by atoms with Gasteiger partial charge in [0.25, 0.3) is 5.91 Å². The van der Waals surface area contributed by atoms with Gasteiger partial charge in [-0.3, -0.25) is 4.79 Å². The molecule has 0 aliphatic rings. The monoisotopic (exact) mass is 364 g/mol. The Kier molecular flexibility index (Phi) is 6.97. The van der Waals surface area contributed by atoms with Gasteiger partial charge in [0.2, 0.25) is 0 Å². The fourth-order valence-electron chi connectivity index (χ4n) is 2.09. The van der Waals surface area contributed by atoms with Gasteiger partial charge in [-0.25, -0.2) is 4.79 Å². The van der Waals surface area contributed by atoms with Gasteiger partial charge in [-0.2, -0.15) is 5.26 Å². The zero-order valence-electron chi connectivity index (χ0n) is 14.9. The van der Waals surface area contributed by atoms with Crippen molar-refractivity contribution < 1.29 is 14.3 Å². The number of hydrogen-bond donors (Lipinski definition) is 3. The van der Waals surface area contributed by atoms with Gasteiger partial charge in [0, 0.05) is 17.9 Å². The molecule has 0 spiro atoms. The van der Waals surface area contributed by atoms with Crippen LogP contribution in [-0.2, 0) is 4.79 Å². The molecule has 0 saturated carbocycles. The Balaban J connectivity index is 1.87. The number of rotatable bonds is 7. The normalized spacial score (nSPS) is 10.8. The average Bonchev–Trinajstić information content (AvgIpc) is 2.68. The molecule has 1 atom stereocenters. The van der Waals surface area contributed by atoms with Gasteiger partial charge in [0.15, 0.2) is 6.10 Å². The van der Waals surface area contributed by atoms with Crippen molar-refractivity contribution in [2.75, 3.05) is 17.2 Å². The molecule has 0 saturated heterocycles. The molecule has 0 aromatic heterocycles. The smallest absolute Gasteiger partial charge is 0.319 e. The number of nitriles is 1. The molecule has 0 bridgehead atoms. The van der Waals surface area contributed by atoms with E-state index in [1.54, 1.807) is 61.5 Å². The minimum Gasteiger partial charge on any atom is -0.481 e. The van der Waals surface area contributed by atoms with Crippen molar-refractivity contribution in [3.63, 3.8) is 0 Å². The first-order chi connectivity index (χ1) is 13.0. The highest BCUT2D eigenvalue weighted by atomic mass is 16.5. The lowest BCUT2D eigenvalue weighted by Crippen LogP contribution is -2.30. The van der Waals surface area contributed by atoms with E-state index in [-0.39, 0.29) is 11.9 Å². The Labute approximate surface area is 157 Å². The van der Waals surface area contributed by atoms with Crippen LogP contribution in [0.2, 0.25) is 0 Å². The van der Waals surface area contributed by atoms with E-state index in [9.17, 15) is 9.59 Å². The molecule has 0 fully saturated rings. The van der Waals surface area contributed by atoms with E-state index in [0.29, 0.717) is 29.2 Å². The van der Waals surface area contributed by atoms with Gasteiger partial charge in [-0.1, -0.05) is 6.08 Å². The van der Waals surface area contributed by atoms with Crippen molar-refractivity contribution in [2.24, 2.45) is 0 Å². The highest BCUT2D eigenvalue weighted by Crippen LogP contribution is 2.16. The van der Waals surface area contributed by atoms with E-state index >= 15 is 0 Å². The third kappa shape index (κ3) is 6.21. The molecule has 0 heterocycles. The Morgan fingerprint density at radius 2 is 1.70 bits per heavy atom. The van der Waals surface area contributed by atoms with Crippen LogP contribution in [0, 0.1) is 11.3 Å². The lowest BCUT2D eigenvalue weighted by molar-refractivity contribution is -0.122. The molecule has 27 heavy (non-hydrogen) atoms. The summed E-state index contributed by atoms with van der Waals surface area (Å²) in [6.45, 7) is 5.53. The topological polar surface area (TPSA) is 103 Å². The van der Waals surface area contributed by atoms with Gasteiger partial charge in [0.05, 0.1) is 11.6 Å². The number of nitrogens with one attached hydrogen (secondary N) is 3. The molecule has 7 nitrogen and oxygen atoms in total. The number of urea groups is 1. The van der Waals surface area contributed by atoms with Gasteiger partial charge < -0.3 is 20.7 Å². The minimum absolute atomic E-state index is 0.316. The van der Waals surface area contributed by atoms with Crippen LogP contribution in [0.3, 0.4) is 0 Å². The molecule has 3 N–H and O–H groups in total. The molecule has 0 radical (unpaired) electrons. The third-order valence-corrected chi connectivity index (χ3v) is 3.48. The number of benzene rings is 2. The fourth-order valence-corrected chi connectivity index (χ4v) is 2.09. The standard InChI is InChI=1S/C20H20N4O3/c1-3-12-22-20(26)24-17-8-6-16(7-9-17)23-19(25)14(2)27-18-10-4-15(13-21)5-11-18/h3-11,14H,1,12H2,2H3,(H,23,25)(H2,22,24,26). The van der Waals surface area contributed by atoms with E-state index in [4.69, 9.17) is 10.00 Å². The van der Waals surface area contributed by atoms with Crippen LogP contribution in [0.4, 0.5) is 16.2 Å². The van der Waals surface area contributed by atoms with Crippen LogP contribution in [-0.4, -0.2) is 24.6 Å². The van der Waals surface area contributed by atoms with Crippen molar-refractivity contribution in [1.82, 2.24) is 5.32 Å². The molecule has 138 valence electrons. The molecule has 2 rings (SSSR count). The fraction of sp³-hybridized carbons (Fsp3) is 0.150. The Bertz CT molecular complexity index is 839. The van der Waals surface area contributed by atoms with Crippen molar-refractivity contribution in [1.29, 1.82) is 5.26 Å². The maximum absolute atomic E-state index is 12.2. The van der Waals surface area contributed by atoms with Crippen LogP contribution in [0.5, 0.6) is 5.75 Å². The summed E-state index contributed by atoms with van der Waals surface area (Å²) >= 11 is 0. The Morgan fingerprint density at radius 3 is 2.26 bits per heavy atom. The number of anilines is 2. The molecular formula is C20H20N4O3. The quantitative estimate of drug-likeness (QED) is 0.656.